The minimum absolute atomic E-state index is 0.00981. The molecule has 0 spiro atoms. The molecule has 0 bridgehead atoms. The van der Waals surface area contributed by atoms with E-state index in [9.17, 15) is 4.79 Å². The number of ether oxygens (including phenoxy) is 1. The van der Waals surface area contributed by atoms with Crippen LogP contribution in [0.5, 0.6) is 0 Å². The van der Waals surface area contributed by atoms with Crippen LogP contribution in [0.4, 0.5) is 0 Å². The normalized spacial score (nSPS) is 28.5. The molecule has 0 amide bonds. The van der Waals surface area contributed by atoms with Gasteiger partial charge in [0, 0.05) is 0 Å². The van der Waals surface area contributed by atoms with Gasteiger partial charge in [-0.1, -0.05) is 33.6 Å². The molecule has 0 saturated heterocycles. The zero-order valence-corrected chi connectivity index (χ0v) is 10.3. The van der Waals surface area contributed by atoms with Gasteiger partial charge in [0.15, 0.2) is 0 Å². The van der Waals surface area contributed by atoms with Gasteiger partial charge in [-0.15, -0.1) is 0 Å². The van der Waals surface area contributed by atoms with Crippen molar-refractivity contribution >= 4 is 5.97 Å². The van der Waals surface area contributed by atoms with Crippen molar-refractivity contribution in [3.05, 3.63) is 0 Å². The lowest BCUT2D eigenvalue weighted by Crippen LogP contribution is -2.30. The highest BCUT2D eigenvalue weighted by atomic mass is 16.5. The molecule has 0 radical (unpaired) electrons. The van der Waals surface area contributed by atoms with Gasteiger partial charge in [0.05, 0.1) is 5.92 Å². The van der Waals surface area contributed by atoms with Gasteiger partial charge < -0.3 is 4.74 Å². The lowest BCUT2D eigenvalue weighted by Gasteiger charge is -2.29. The van der Waals surface area contributed by atoms with E-state index in [1.54, 1.807) is 0 Å². The fourth-order valence-corrected chi connectivity index (χ4v) is 2.27. The maximum Gasteiger partial charge on any atom is 0.308 e. The van der Waals surface area contributed by atoms with E-state index in [0.717, 1.165) is 19.3 Å². The Morgan fingerprint density at radius 2 is 2.07 bits per heavy atom. The second kappa shape index (κ2) is 6.14. The summed E-state index contributed by atoms with van der Waals surface area (Å²) in [6.45, 7) is 6.27. The molecule has 0 aromatic rings. The summed E-state index contributed by atoms with van der Waals surface area (Å²) in [5.74, 6) is 0.635. The number of hydrogen-bond acceptors (Lipinski definition) is 2. The number of hydrogen-bond donors (Lipinski definition) is 0. The molecule has 2 heteroatoms. The predicted octanol–water partition coefficient (Wildman–Crippen LogP) is 3.54. The third kappa shape index (κ3) is 3.84. The molecule has 1 rings (SSSR count). The Balaban J connectivity index is 2.35. The van der Waals surface area contributed by atoms with Gasteiger partial charge in [0.1, 0.15) is 6.10 Å². The highest BCUT2D eigenvalue weighted by Crippen LogP contribution is 2.27. The second-order valence-corrected chi connectivity index (χ2v) is 4.93. The molecule has 2 nitrogen and oxygen atoms in total. The van der Waals surface area contributed by atoms with Crippen molar-refractivity contribution < 1.29 is 9.53 Å². The van der Waals surface area contributed by atoms with Gasteiger partial charge >= 0.3 is 5.97 Å². The molecule has 15 heavy (non-hydrogen) atoms. The molecule has 3 unspecified atom stereocenters. The Morgan fingerprint density at radius 3 is 2.67 bits per heavy atom. The van der Waals surface area contributed by atoms with E-state index in [0.29, 0.717) is 5.92 Å². The number of carbonyl (C=O) groups excluding carboxylic acids is 1. The summed E-state index contributed by atoms with van der Waals surface area (Å²) in [5.41, 5.74) is 0. The lowest BCUT2D eigenvalue weighted by molar-refractivity contribution is -0.157. The topological polar surface area (TPSA) is 26.3 Å². The maximum atomic E-state index is 11.7. The van der Waals surface area contributed by atoms with Crippen molar-refractivity contribution in [1.82, 2.24) is 0 Å². The molecule has 0 heterocycles. The minimum Gasteiger partial charge on any atom is -0.462 e. The molecule has 1 fully saturated rings. The van der Waals surface area contributed by atoms with Gasteiger partial charge in [-0.05, 0) is 31.6 Å². The molecule has 0 N–H and O–H groups in total. The minimum atomic E-state index is 0.00981. The number of rotatable bonds is 4. The zero-order valence-electron chi connectivity index (χ0n) is 10.3. The van der Waals surface area contributed by atoms with Gasteiger partial charge in [0.2, 0.25) is 0 Å². The first-order valence-corrected chi connectivity index (χ1v) is 6.35. The largest absolute Gasteiger partial charge is 0.462 e. The molecule has 0 aliphatic heterocycles. The van der Waals surface area contributed by atoms with Crippen molar-refractivity contribution in [2.45, 2.75) is 65.4 Å². The Hall–Kier alpha value is -0.530. The fourth-order valence-electron chi connectivity index (χ4n) is 2.27. The molecular weight excluding hydrogens is 188 g/mol. The summed E-state index contributed by atoms with van der Waals surface area (Å²) >= 11 is 0. The quantitative estimate of drug-likeness (QED) is 0.666. The molecule has 1 aliphatic rings. The van der Waals surface area contributed by atoms with Crippen LogP contribution in [0.1, 0.15) is 59.3 Å². The Labute approximate surface area is 93.4 Å². The third-order valence-corrected chi connectivity index (χ3v) is 3.42. The van der Waals surface area contributed by atoms with Crippen molar-refractivity contribution in [2.24, 2.45) is 11.8 Å². The van der Waals surface area contributed by atoms with E-state index >= 15 is 0 Å². The molecule has 88 valence electrons. The molecule has 1 saturated carbocycles. The summed E-state index contributed by atoms with van der Waals surface area (Å²) < 4.78 is 5.58. The van der Waals surface area contributed by atoms with E-state index in [2.05, 4.69) is 13.8 Å². The highest BCUT2D eigenvalue weighted by molar-refractivity contribution is 5.72. The Bertz CT molecular complexity index is 201. The maximum absolute atomic E-state index is 11.7. The van der Waals surface area contributed by atoms with Gasteiger partial charge in [0.25, 0.3) is 0 Å². The van der Waals surface area contributed by atoms with E-state index in [4.69, 9.17) is 4.74 Å². The first kappa shape index (κ1) is 12.5. The molecular formula is C13H24O2. The smallest absolute Gasteiger partial charge is 0.308 e. The van der Waals surface area contributed by atoms with Crippen LogP contribution in [0.2, 0.25) is 0 Å². The van der Waals surface area contributed by atoms with Crippen molar-refractivity contribution in [3.8, 4) is 0 Å². The summed E-state index contributed by atoms with van der Waals surface area (Å²) in [6.07, 6.45) is 6.96. The lowest BCUT2D eigenvalue weighted by atomic mass is 9.88. The second-order valence-electron chi connectivity index (χ2n) is 4.93. The summed E-state index contributed by atoms with van der Waals surface area (Å²) in [6, 6.07) is 0. The number of carbonyl (C=O) groups is 1. The standard InChI is InChI=1S/C13H24O2/c1-4-7-11(3)13(14)15-12-9-6-5-8-10(12)2/h10-12H,4-9H2,1-3H3. The van der Waals surface area contributed by atoms with Crippen molar-refractivity contribution in [3.63, 3.8) is 0 Å². The van der Waals surface area contributed by atoms with Gasteiger partial charge in [-0.25, -0.2) is 0 Å². The van der Waals surface area contributed by atoms with Crippen LogP contribution in [-0.2, 0) is 9.53 Å². The Kier molecular flexibility index (Phi) is 5.13. The average molecular weight is 212 g/mol. The SMILES string of the molecule is CCCC(C)C(=O)OC1CCCCC1C. The van der Waals surface area contributed by atoms with Crippen LogP contribution in [0.25, 0.3) is 0 Å². The summed E-state index contributed by atoms with van der Waals surface area (Å²) in [4.78, 5) is 11.7. The fraction of sp³-hybridized carbons (Fsp3) is 0.923. The summed E-state index contributed by atoms with van der Waals surface area (Å²) in [5, 5.41) is 0. The average Bonchev–Trinajstić information content (AvgIpc) is 2.21. The highest BCUT2D eigenvalue weighted by Gasteiger charge is 2.26. The Morgan fingerprint density at radius 1 is 1.40 bits per heavy atom. The van der Waals surface area contributed by atoms with E-state index < -0.39 is 0 Å². The van der Waals surface area contributed by atoms with Crippen LogP contribution in [0.3, 0.4) is 0 Å². The van der Waals surface area contributed by atoms with Crippen molar-refractivity contribution in [1.29, 1.82) is 0 Å². The molecule has 1 aliphatic carbocycles. The van der Waals surface area contributed by atoms with Crippen LogP contribution in [0, 0.1) is 11.8 Å². The van der Waals surface area contributed by atoms with Crippen LogP contribution in [-0.4, -0.2) is 12.1 Å². The summed E-state index contributed by atoms with van der Waals surface area (Å²) in [7, 11) is 0. The van der Waals surface area contributed by atoms with Crippen molar-refractivity contribution in [2.75, 3.05) is 0 Å². The number of esters is 1. The van der Waals surface area contributed by atoms with Crippen LogP contribution >= 0.6 is 0 Å². The third-order valence-electron chi connectivity index (χ3n) is 3.42. The zero-order chi connectivity index (χ0) is 11.3. The molecule has 0 aromatic heterocycles. The van der Waals surface area contributed by atoms with Crippen LogP contribution < -0.4 is 0 Å². The predicted molar refractivity (Wildman–Crippen MR) is 61.6 cm³/mol. The van der Waals surface area contributed by atoms with E-state index in [-0.39, 0.29) is 18.0 Å². The monoisotopic (exact) mass is 212 g/mol. The molecule has 0 aromatic carbocycles. The van der Waals surface area contributed by atoms with Crippen LogP contribution in [0.15, 0.2) is 0 Å². The van der Waals surface area contributed by atoms with Gasteiger partial charge in [-0.2, -0.15) is 0 Å². The van der Waals surface area contributed by atoms with E-state index in [1.807, 2.05) is 6.92 Å². The van der Waals surface area contributed by atoms with E-state index in [1.165, 1.54) is 19.3 Å². The first-order valence-electron chi connectivity index (χ1n) is 6.35. The first-order chi connectivity index (χ1) is 7.15. The van der Waals surface area contributed by atoms with Gasteiger partial charge in [-0.3, -0.25) is 4.79 Å². The molecule has 3 atom stereocenters.